The number of nitrogens with zero attached hydrogens (tertiary/aromatic N) is 4. The Morgan fingerprint density at radius 3 is 2.83 bits per heavy atom. The Morgan fingerprint density at radius 1 is 1.43 bits per heavy atom. The molecule has 2 aromatic heterocycles. The van der Waals surface area contributed by atoms with Gasteiger partial charge in [-0.05, 0) is 25.8 Å². The summed E-state index contributed by atoms with van der Waals surface area (Å²) < 4.78 is 7.21. The van der Waals surface area contributed by atoms with Crippen LogP contribution >= 0.6 is 0 Å². The average molecular weight is 316 g/mol. The number of fused-ring (bicyclic) bond motifs is 1. The third kappa shape index (κ3) is 2.72. The molecule has 1 saturated heterocycles. The van der Waals surface area contributed by atoms with E-state index in [2.05, 4.69) is 18.9 Å². The van der Waals surface area contributed by atoms with Gasteiger partial charge in [-0.25, -0.2) is 4.98 Å². The van der Waals surface area contributed by atoms with Crippen molar-refractivity contribution in [1.29, 1.82) is 0 Å². The lowest BCUT2D eigenvalue weighted by Gasteiger charge is -2.33. The minimum atomic E-state index is 0.0474. The molecule has 1 fully saturated rings. The summed E-state index contributed by atoms with van der Waals surface area (Å²) in [6.45, 7) is 9.93. The summed E-state index contributed by atoms with van der Waals surface area (Å²) in [5, 5.41) is 5.32. The van der Waals surface area contributed by atoms with E-state index in [1.165, 1.54) is 0 Å². The molecule has 2 aromatic rings. The lowest BCUT2D eigenvalue weighted by atomic mass is 10.0. The Kier molecular flexibility index (Phi) is 4.10. The van der Waals surface area contributed by atoms with E-state index >= 15 is 0 Å². The van der Waals surface area contributed by atoms with Crippen LogP contribution in [0.2, 0.25) is 0 Å². The van der Waals surface area contributed by atoms with Crippen molar-refractivity contribution < 1.29 is 9.53 Å². The maximum absolute atomic E-state index is 13.2. The molecule has 0 spiro atoms. The number of carbonyl (C=O) groups is 1. The second-order valence-corrected chi connectivity index (χ2v) is 6.58. The molecule has 0 aliphatic carbocycles. The average Bonchev–Trinajstić information content (AvgIpc) is 2.81. The highest BCUT2D eigenvalue weighted by Gasteiger charge is 2.28. The van der Waals surface area contributed by atoms with E-state index in [1.54, 1.807) is 4.68 Å². The number of ether oxygens (including phenoxy) is 1. The Morgan fingerprint density at radius 2 is 2.17 bits per heavy atom. The van der Waals surface area contributed by atoms with Crippen LogP contribution in [0.4, 0.5) is 0 Å². The first-order chi connectivity index (χ1) is 10.9. The molecular formula is C17H24N4O2. The van der Waals surface area contributed by atoms with Gasteiger partial charge < -0.3 is 9.64 Å². The van der Waals surface area contributed by atoms with Crippen molar-refractivity contribution in [2.24, 2.45) is 7.05 Å². The highest BCUT2D eigenvalue weighted by atomic mass is 16.5. The van der Waals surface area contributed by atoms with Crippen LogP contribution < -0.4 is 0 Å². The summed E-state index contributed by atoms with van der Waals surface area (Å²) >= 11 is 0. The summed E-state index contributed by atoms with van der Waals surface area (Å²) in [5.41, 5.74) is 3.25. The molecule has 0 N–H and O–H groups in total. The predicted molar refractivity (Wildman–Crippen MR) is 88.7 cm³/mol. The zero-order valence-corrected chi connectivity index (χ0v) is 14.5. The first kappa shape index (κ1) is 15.9. The van der Waals surface area contributed by atoms with Gasteiger partial charge in [0, 0.05) is 19.3 Å². The molecule has 1 atom stereocenters. The van der Waals surface area contributed by atoms with Gasteiger partial charge in [-0.1, -0.05) is 13.8 Å². The zero-order chi connectivity index (χ0) is 16.7. The summed E-state index contributed by atoms with van der Waals surface area (Å²) in [7, 11) is 1.87. The van der Waals surface area contributed by atoms with Gasteiger partial charge in [0.15, 0.2) is 5.65 Å². The quantitative estimate of drug-likeness (QED) is 0.852. The van der Waals surface area contributed by atoms with Crippen LogP contribution in [0.15, 0.2) is 6.07 Å². The van der Waals surface area contributed by atoms with E-state index in [-0.39, 0.29) is 17.9 Å². The fourth-order valence-electron chi connectivity index (χ4n) is 3.11. The van der Waals surface area contributed by atoms with E-state index in [9.17, 15) is 4.79 Å². The third-order valence-corrected chi connectivity index (χ3v) is 4.44. The van der Waals surface area contributed by atoms with E-state index in [1.807, 2.05) is 31.9 Å². The van der Waals surface area contributed by atoms with Crippen molar-refractivity contribution in [2.45, 2.75) is 39.7 Å². The zero-order valence-electron chi connectivity index (χ0n) is 14.5. The monoisotopic (exact) mass is 316 g/mol. The predicted octanol–water partition coefficient (Wildman–Crippen LogP) is 2.26. The van der Waals surface area contributed by atoms with E-state index < -0.39 is 0 Å². The molecule has 1 aliphatic heterocycles. The van der Waals surface area contributed by atoms with Crippen molar-refractivity contribution in [3.05, 3.63) is 23.0 Å². The van der Waals surface area contributed by atoms with Crippen molar-refractivity contribution in [1.82, 2.24) is 19.7 Å². The minimum Gasteiger partial charge on any atom is -0.377 e. The number of carbonyl (C=O) groups excluding carboxylic acids is 1. The molecular weight excluding hydrogens is 292 g/mol. The molecule has 3 heterocycles. The van der Waals surface area contributed by atoms with Gasteiger partial charge in [0.2, 0.25) is 0 Å². The van der Waals surface area contributed by atoms with Gasteiger partial charge in [-0.2, -0.15) is 5.10 Å². The molecule has 1 aliphatic rings. The van der Waals surface area contributed by atoms with Crippen molar-refractivity contribution in [2.75, 3.05) is 19.8 Å². The first-order valence-electron chi connectivity index (χ1n) is 8.13. The van der Waals surface area contributed by atoms with Crippen LogP contribution in [-0.4, -0.2) is 51.4 Å². The molecule has 124 valence electrons. The number of amides is 1. The molecule has 6 nitrogen and oxygen atoms in total. The number of hydrogen-bond acceptors (Lipinski definition) is 4. The Balaban J connectivity index is 2.16. The van der Waals surface area contributed by atoms with Crippen LogP contribution in [0.3, 0.4) is 0 Å². The maximum Gasteiger partial charge on any atom is 0.255 e. The highest BCUT2D eigenvalue weighted by Crippen LogP contribution is 2.26. The molecule has 0 aromatic carbocycles. The van der Waals surface area contributed by atoms with Crippen LogP contribution in [0.1, 0.15) is 48.4 Å². The summed E-state index contributed by atoms with van der Waals surface area (Å²) in [4.78, 5) is 19.8. The van der Waals surface area contributed by atoms with Crippen LogP contribution in [-0.2, 0) is 11.8 Å². The van der Waals surface area contributed by atoms with Gasteiger partial charge in [0.25, 0.3) is 5.91 Å². The Labute approximate surface area is 136 Å². The largest absolute Gasteiger partial charge is 0.377 e. The maximum atomic E-state index is 13.2. The normalized spacial score (nSPS) is 18.9. The van der Waals surface area contributed by atoms with E-state index in [0.717, 1.165) is 22.4 Å². The summed E-state index contributed by atoms with van der Waals surface area (Å²) in [6, 6.07) is 2.02. The lowest BCUT2D eigenvalue weighted by Crippen LogP contribution is -2.47. The van der Waals surface area contributed by atoms with Crippen LogP contribution in [0.25, 0.3) is 11.0 Å². The SMILES string of the molecule is Cc1nn(C)c2nc(C(C)C)cc(C(=O)N3CCOC[C@@H]3C)c12. The first-order valence-corrected chi connectivity index (χ1v) is 8.13. The Bertz CT molecular complexity index is 751. The van der Waals surface area contributed by atoms with Gasteiger partial charge in [0.05, 0.1) is 35.9 Å². The van der Waals surface area contributed by atoms with Crippen molar-refractivity contribution in [3.63, 3.8) is 0 Å². The minimum absolute atomic E-state index is 0.0474. The van der Waals surface area contributed by atoms with Gasteiger partial charge in [0.1, 0.15) is 0 Å². The smallest absolute Gasteiger partial charge is 0.255 e. The fourth-order valence-corrected chi connectivity index (χ4v) is 3.11. The molecule has 3 rings (SSSR count). The van der Waals surface area contributed by atoms with Gasteiger partial charge in [-0.3, -0.25) is 9.48 Å². The van der Waals surface area contributed by atoms with E-state index in [0.29, 0.717) is 25.3 Å². The number of aryl methyl sites for hydroxylation is 2. The molecule has 0 unspecified atom stereocenters. The molecule has 1 amide bonds. The molecule has 6 heteroatoms. The Hall–Kier alpha value is -1.95. The van der Waals surface area contributed by atoms with Gasteiger partial charge in [-0.15, -0.1) is 0 Å². The third-order valence-electron chi connectivity index (χ3n) is 4.44. The summed E-state index contributed by atoms with van der Waals surface area (Å²) in [5.74, 6) is 0.300. The number of pyridine rings is 1. The van der Waals surface area contributed by atoms with Crippen molar-refractivity contribution >= 4 is 16.9 Å². The van der Waals surface area contributed by atoms with Crippen molar-refractivity contribution in [3.8, 4) is 0 Å². The van der Waals surface area contributed by atoms with Crippen LogP contribution in [0, 0.1) is 6.92 Å². The highest BCUT2D eigenvalue weighted by molar-refractivity contribution is 6.06. The number of morpholine rings is 1. The second kappa shape index (κ2) is 5.92. The topological polar surface area (TPSA) is 60.2 Å². The number of aromatic nitrogens is 3. The van der Waals surface area contributed by atoms with Gasteiger partial charge >= 0.3 is 0 Å². The lowest BCUT2D eigenvalue weighted by molar-refractivity contribution is 0.00369. The second-order valence-electron chi connectivity index (χ2n) is 6.58. The number of hydrogen-bond donors (Lipinski definition) is 0. The molecule has 23 heavy (non-hydrogen) atoms. The number of rotatable bonds is 2. The van der Waals surface area contributed by atoms with E-state index in [4.69, 9.17) is 9.72 Å². The fraction of sp³-hybridized carbons (Fsp3) is 0.588. The summed E-state index contributed by atoms with van der Waals surface area (Å²) in [6.07, 6.45) is 0. The molecule has 0 bridgehead atoms. The molecule has 0 saturated carbocycles. The standard InChI is InChI=1S/C17H24N4O2/c1-10(2)14-8-13(15-12(4)19-20(5)16(15)18-14)17(22)21-6-7-23-9-11(21)3/h8,10-11H,6-7,9H2,1-5H3/t11-/m0/s1. The molecule has 0 radical (unpaired) electrons. The van der Waals surface area contributed by atoms with Crippen LogP contribution in [0.5, 0.6) is 0 Å².